The Balaban J connectivity index is 0.00000112. The Kier molecular flexibility index (Phi) is 4.14. The monoisotopic (exact) mass is 226 g/mol. The number of nitrogens with zero attached hydrogens (tertiary/aromatic N) is 1. The van der Waals surface area contributed by atoms with Crippen molar-refractivity contribution < 1.29 is 0 Å². The molecule has 15 heavy (non-hydrogen) atoms. The van der Waals surface area contributed by atoms with Crippen LogP contribution in [0, 0.1) is 0 Å². The molecule has 0 radical (unpaired) electrons. The number of hydrogen-bond acceptors (Lipinski definition) is 2. The number of nitrogens with one attached hydrogen (secondary N) is 1. The number of halogens is 1. The van der Waals surface area contributed by atoms with Gasteiger partial charge in [0, 0.05) is 19.6 Å². The lowest BCUT2D eigenvalue weighted by atomic mass is 9.89. The molecule has 84 valence electrons. The minimum absolute atomic E-state index is 0. The summed E-state index contributed by atoms with van der Waals surface area (Å²) in [5.74, 6) is 0. The van der Waals surface area contributed by atoms with Crippen molar-refractivity contribution in [2.24, 2.45) is 0 Å². The first-order chi connectivity index (χ1) is 6.73. The van der Waals surface area contributed by atoms with E-state index in [4.69, 9.17) is 0 Å². The molecule has 1 aromatic rings. The molecule has 2 nitrogen and oxygen atoms in total. The second kappa shape index (κ2) is 4.97. The summed E-state index contributed by atoms with van der Waals surface area (Å²) in [6.07, 6.45) is 0. The van der Waals surface area contributed by atoms with Crippen LogP contribution in [-0.4, -0.2) is 31.6 Å². The molecule has 1 atom stereocenters. The van der Waals surface area contributed by atoms with Gasteiger partial charge in [0.1, 0.15) is 0 Å². The Labute approximate surface area is 98.1 Å². The van der Waals surface area contributed by atoms with E-state index in [2.05, 4.69) is 54.5 Å². The standard InChI is InChI=1S/C12H18N2.ClH/c1-12(10-13-8-9-14(12)2)11-6-4-3-5-7-11;/h3-7,13H,8-10H2,1-2H3;1H. The number of benzene rings is 1. The van der Waals surface area contributed by atoms with E-state index in [9.17, 15) is 0 Å². The molecule has 1 heterocycles. The fourth-order valence-electron chi connectivity index (χ4n) is 2.08. The van der Waals surface area contributed by atoms with Crippen LogP contribution in [0.25, 0.3) is 0 Å². The zero-order valence-electron chi connectivity index (χ0n) is 9.36. The molecule has 3 heteroatoms. The summed E-state index contributed by atoms with van der Waals surface area (Å²) in [5, 5.41) is 3.46. The van der Waals surface area contributed by atoms with E-state index in [1.807, 2.05) is 0 Å². The number of likely N-dealkylation sites (N-methyl/N-ethyl adjacent to an activating group) is 1. The van der Waals surface area contributed by atoms with Crippen molar-refractivity contribution in [2.75, 3.05) is 26.7 Å². The maximum atomic E-state index is 3.46. The first-order valence-corrected chi connectivity index (χ1v) is 5.21. The highest BCUT2D eigenvalue weighted by molar-refractivity contribution is 5.85. The molecule has 1 saturated heterocycles. The van der Waals surface area contributed by atoms with E-state index in [1.54, 1.807) is 0 Å². The summed E-state index contributed by atoms with van der Waals surface area (Å²) < 4.78 is 0. The minimum atomic E-state index is 0. The van der Waals surface area contributed by atoms with Crippen LogP contribution in [-0.2, 0) is 5.54 Å². The lowest BCUT2D eigenvalue weighted by molar-refractivity contribution is 0.104. The number of hydrogen-bond donors (Lipinski definition) is 1. The normalized spacial score (nSPS) is 27.1. The average molecular weight is 227 g/mol. The van der Waals surface area contributed by atoms with Crippen LogP contribution < -0.4 is 5.32 Å². The fraction of sp³-hybridized carbons (Fsp3) is 0.500. The summed E-state index contributed by atoms with van der Waals surface area (Å²) in [7, 11) is 2.20. The Morgan fingerprint density at radius 3 is 2.53 bits per heavy atom. The van der Waals surface area contributed by atoms with Gasteiger partial charge in [-0.2, -0.15) is 0 Å². The van der Waals surface area contributed by atoms with E-state index in [1.165, 1.54) is 5.56 Å². The van der Waals surface area contributed by atoms with Gasteiger partial charge in [-0.3, -0.25) is 4.90 Å². The smallest absolute Gasteiger partial charge is 0.0555 e. The van der Waals surface area contributed by atoms with Crippen LogP contribution in [0.4, 0.5) is 0 Å². The van der Waals surface area contributed by atoms with Gasteiger partial charge in [0.05, 0.1) is 5.54 Å². The van der Waals surface area contributed by atoms with Crippen molar-refractivity contribution in [3.05, 3.63) is 35.9 Å². The third kappa shape index (κ3) is 2.33. The zero-order valence-corrected chi connectivity index (χ0v) is 10.2. The molecule has 1 N–H and O–H groups in total. The van der Waals surface area contributed by atoms with Crippen LogP contribution in [0.5, 0.6) is 0 Å². The summed E-state index contributed by atoms with van der Waals surface area (Å²) in [4.78, 5) is 2.43. The van der Waals surface area contributed by atoms with E-state index in [-0.39, 0.29) is 17.9 Å². The Hall–Kier alpha value is -0.570. The van der Waals surface area contributed by atoms with Crippen LogP contribution in [0.3, 0.4) is 0 Å². The van der Waals surface area contributed by atoms with Gasteiger partial charge in [0.25, 0.3) is 0 Å². The minimum Gasteiger partial charge on any atom is -0.313 e. The average Bonchev–Trinajstić information content (AvgIpc) is 2.24. The van der Waals surface area contributed by atoms with E-state index >= 15 is 0 Å². The highest BCUT2D eigenvalue weighted by atomic mass is 35.5. The predicted octanol–water partition coefficient (Wildman–Crippen LogP) is 1.86. The van der Waals surface area contributed by atoms with Crippen molar-refractivity contribution >= 4 is 12.4 Å². The predicted molar refractivity (Wildman–Crippen MR) is 66.5 cm³/mol. The molecule has 1 fully saturated rings. The van der Waals surface area contributed by atoms with Crippen molar-refractivity contribution in [1.29, 1.82) is 0 Å². The molecule has 0 aromatic heterocycles. The van der Waals surface area contributed by atoms with Crippen LogP contribution in [0.1, 0.15) is 12.5 Å². The SMILES string of the molecule is CN1CCNCC1(C)c1ccccc1.Cl. The second-order valence-electron chi connectivity index (χ2n) is 4.24. The lowest BCUT2D eigenvalue weighted by Gasteiger charge is -2.43. The molecule has 1 aliphatic heterocycles. The van der Waals surface area contributed by atoms with E-state index < -0.39 is 0 Å². The molecular weight excluding hydrogens is 208 g/mol. The van der Waals surface area contributed by atoms with Crippen molar-refractivity contribution in [3.8, 4) is 0 Å². The third-order valence-corrected chi connectivity index (χ3v) is 3.33. The summed E-state index contributed by atoms with van der Waals surface area (Å²) in [6.45, 7) is 5.55. The first-order valence-electron chi connectivity index (χ1n) is 5.21. The number of rotatable bonds is 1. The molecule has 1 aliphatic rings. The Morgan fingerprint density at radius 2 is 1.93 bits per heavy atom. The highest BCUT2D eigenvalue weighted by Crippen LogP contribution is 2.27. The largest absolute Gasteiger partial charge is 0.313 e. The van der Waals surface area contributed by atoms with Crippen molar-refractivity contribution in [3.63, 3.8) is 0 Å². The van der Waals surface area contributed by atoms with Gasteiger partial charge in [-0.1, -0.05) is 30.3 Å². The van der Waals surface area contributed by atoms with Gasteiger partial charge >= 0.3 is 0 Å². The summed E-state index contributed by atoms with van der Waals surface area (Å²) in [6, 6.07) is 10.7. The van der Waals surface area contributed by atoms with E-state index in [0.717, 1.165) is 19.6 Å². The summed E-state index contributed by atoms with van der Waals surface area (Å²) in [5.41, 5.74) is 1.55. The Bertz CT molecular complexity index is 302. The van der Waals surface area contributed by atoms with Gasteiger partial charge in [-0.15, -0.1) is 12.4 Å². The molecule has 0 saturated carbocycles. The molecule has 0 amide bonds. The van der Waals surface area contributed by atoms with Gasteiger partial charge in [0.15, 0.2) is 0 Å². The van der Waals surface area contributed by atoms with Gasteiger partial charge in [-0.25, -0.2) is 0 Å². The quantitative estimate of drug-likeness (QED) is 0.787. The van der Waals surface area contributed by atoms with E-state index in [0.29, 0.717) is 0 Å². The topological polar surface area (TPSA) is 15.3 Å². The molecule has 1 unspecified atom stereocenters. The first kappa shape index (κ1) is 12.5. The second-order valence-corrected chi connectivity index (χ2v) is 4.24. The molecule has 1 aromatic carbocycles. The fourth-order valence-corrected chi connectivity index (χ4v) is 2.08. The van der Waals surface area contributed by atoms with Crippen LogP contribution in [0.2, 0.25) is 0 Å². The van der Waals surface area contributed by atoms with Crippen LogP contribution in [0.15, 0.2) is 30.3 Å². The number of piperazine rings is 1. The van der Waals surface area contributed by atoms with Crippen molar-refractivity contribution in [2.45, 2.75) is 12.5 Å². The van der Waals surface area contributed by atoms with Crippen molar-refractivity contribution in [1.82, 2.24) is 10.2 Å². The zero-order chi connectivity index (χ0) is 10.0. The molecule has 0 aliphatic carbocycles. The maximum absolute atomic E-state index is 3.46. The van der Waals surface area contributed by atoms with Gasteiger partial charge in [-0.05, 0) is 19.5 Å². The molecule has 2 rings (SSSR count). The molecule has 0 spiro atoms. The lowest BCUT2D eigenvalue weighted by Crippen LogP contribution is -2.55. The Morgan fingerprint density at radius 1 is 1.27 bits per heavy atom. The van der Waals surface area contributed by atoms with Crippen LogP contribution >= 0.6 is 12.4 Å². The summed E-state index contributed by atoms with van der Waals surface area (Å²) >= 11 is 0. The highest BCUT2D eigenvalue weighted by Gasteiger charge is 2.32. The van der Waals surface area contributed by atoms with Gasteiger partial charge < -0.3 is 5.32 Å². The third-order valence-electron chi connectivity index (χ3n) is 3.33. The van der Waals surface area contributed by atoms with Gasteiger partial charge in [0.2, 0.25) is 0 Å². The maximum Gasteiger partial charge on any atom is 0.0555 e. The molecule has 0 bridgehead atoms. The molecular formula is C12H19ClN2.